The fraction of sp³-hybridized carbons (Fsp3) is 0.389. The highest BCUT2D eigenvalue weighted by Gasteiger charge is 2.57. The minimum atomic E-state index is -0.906. The summed E-state index contributed by atoms with van der Waals surface area (Å²) in [5.74, 6) is -1.18. The Hall–Kier alpha value is -2.23. The number of ether oxygens (including phenoxy) is 1. The average Bonchev–Trinajstić information content (AvgIpc) is 2.48. The van der Waals surface area contributed by atoms with Crippen LogP contribution in [-0.4, -0.2) is 24.5 Å². The number of benzene rings is 1. The Morgan fingerprint density at radius 2 is 1.77 bits per heavy atom. The smallest absolute Gasteiger partial charge is 0.229 e. The van der Waals surface area contributed by atoms with Crippen molar-refractivity contribution in [1.82, 2.24) is 0 Å². The van der Waals surface area contributed by atoms with Crippen LogP contribution in [0.4, 0.5) is 0 Å². The number of carbonyl (C=O) groups is 3. The van der Waals surface area contributed by atoms with Crippen molar-refractivity contribution in [3.8, 4) is 5.75 Å². The maximum absolute atomic E-state index is 12.7. The molecule has 0 saturated heterocycles. The van der Waals surface area contributed by atoms with Gasteiger partial charge in [0.05, 0.1) is 13.0 Å². The van der Waals surface area contributed by atoms with Crippen LogP contribution >= 0.6 is 0 Å². The molecule has 2 aliphatic rings. The number of hydrogen-bond donors (Lipinski definition) is 0. The predicted molar refractivity (Wildman–Crippen MR) is 81.1 cm³/mol. The summed E-state index contributed by atoms with van der Waals surface area (Å²) in [6, 6.07) is 5.10. The first-order chi connectivity index (χ1) is 10.2. The molecular weight excluding hydrogens is 280 g/mol. The largest absolute Gasteiger partial charge is 0.497 e. The molecular formula is C18H18O4. The highest BCUT2D eigenvalue weighted by Crippen LogP contribution is 2.52. The molecule has 0 fully saturated rings. The van der Waals surface area contributed by atoms with Gasteiger partial charge in [-0.2, -0.15) is 0 Å². The number of allylic oxidation sites excluding steroid dienone is 2. The van der Waals surface area contributed by atoms with E-state index < -0.39 is 28.3 Å². The van der Waals surface area contributed by atoms with Gasteiger partial charge < -0.3 is 4.74 Å². The second-order valence-electron chi connectivity index (χ2n) is 6.74. The van der Waals surface area contributed by atoms with Crippen LogP contribution in [0.2, 0.25) is 0 Å². The Labute approximate surface area is 129 Å². The van der Waals surface area contributed by atoms with Crippen LogP contribution in [-0.2, 0) is 15.0 Å². The molecule has 4 nitrogen and oxygen atoms in total. The molecule has 1 aromatic rings. The van der Waals surface area contributed by atoms with Gasteiger partial charge in [-0.3, -0.25) is 14.4 Å². The zero-order valence-electron chi connectivity index (χ0n) is 13.1. The molecule has 0 saturated carbocycles. The molecule has 0 amide bonds. The number of methoxy groups -OCH3 is 1. The molecule has 2 atom stereocenters. The van der Waals surface area contributed by atoms with Crippen LogP contribution in [0.15, 0.2) is 30.4 Å². The third-order valence-electron chi connectivity index (χ3n) is 5.08. The van der Waals surface area contributed by atoms with Crippen LogP contribution in [0.25, 0.3) is 0 Å². The van der Waals surface area contributed by atoms with Gasteiger partial charge in [0, 0.05) is 16.4 Å². The van der Waals surface area contributed by atoms with Crippen molar-refractivity contribution in [3.63, 3.8) is 0 Å². The minimum absolute atomic E-state index is 0.123. The number of Topliss-reactive ketones (excluding diaryl/α,β-unsaturated/α-hetero) is 2. The zero-order chi connectivity index (χ0) is 16.3. The van der Waals surface area contributed by atoms with E-state index in [1.54, 1.807) is 45.2 Å². The van der Waals surface area contributed by atoms with Crippen molar-refractivity contribution in [2.75, 3.05) is 7.11 Å². The van der Waals surface area contributed by atoms with Crippen LogP contribution in [0, 0.1) is 11.3 Å². The summed E-state index contributed by atoms with van der Waals surface area (Å²) in [5.41, 5.74) is -0.443. The van der Waals surface area contributed by atoms with Gasteiger partial charge in [-0.15, -0.1) is 0 Å². The quantitative estimate of drug-likeness (QED) is 0.747. The van der Waals surface area contributed by atoms with Crippen LogP contribution < -0.4 is 4.74 Å². The highest BCUT2D eigenvalue weighted by atomic mass is 16.5. The number of hydrogen-bond acceptors (Lipinski definition) is 4. The van der Waals surface area contributed by atoms with Crippen molar-refractivity contribution in [1.29, 1.82) is 0 Å². The molecule has 3 rings (SSSR count). The third-order valence-corrected chi connectivity index (χ3v) is 5.08. The molecule has 0 bridgehead atoms. The topological polar surface area (TPSA) is 60.4 Å². The summed E-state index contributed by atoms with van der Waals surface area (Å²) >= 11 is 0. The molecule has 1 unspecified atom stereocenters. The normalized spacial score (nSPS) is 29.1. The van der Waals surface area contributed by atoms with Crippen LogP contribution in [0.1, 0.15) is 36.7 Å². The fourth-order valence-corrected chi connectivity index (χ4v) is 3.85. The van der Waals surface area contributed by atoms with E-state index in [2.05, 4.69) is 0 Å². The lowest BCUT2D eigenvalue weighted by molar-refractivity contribution is -0.136. The summed E-state index contributed by atoms with van der Waals surface area (Å²) in [7, 11) is 1.56. The van der Waals surface area contributed by atoms with E-state index in [1.165, 1.54) is 6.08 Å². The Bertz CT molecular complexity index is 741. The van der Waals surface area contributed by atoms with Crippen LogP contribution in [0.3, 0.4) is 0 Å². The number of ketones is 3. The van der Waals surface area contributed by atoms with Gasteiger partial charge in [0.1, 0.15) is 5.75 Å². The molecule has 1 aromatic carbocycles. The summed E-state index contributed by atoms with van der Waals surface area (Å²) in [5, 5.41) is 0. The fourth-order valence-electron chi connectivity index (χ4n) is 3.85. The van der Waals surface area contributed by atoms with Gasteiger partial charge >= 0.3 is 0 Å². The van der Waals surface area contributed by atoms with Crippen molar-refractivity contribution in [3.05, 3.63) is 41.5 Å². The van der Waals surface area contributed by atoms with Crippen molar-refractivity contribution in [2.24, 2.45) is 11.3 Å². The minimum Gasteiger partial charge on any atom is -0.497 e. The molecule has 0 heterocycles. The van der Waals surface area contributed by atoms with Crippen molar-refractivity contribution >= 4 is 17.3 Å². The van der Waals surface area contributed by atoms with E-state index >= 15 is 0 Å². The van der Waals surface area contributed by atoms with Gasteiger partial charge in [-0.05, 0) is 29.8 Å². The lowest BCUT2D eigenvalue weighted by atomic mass is 9.52. The second-order valence-corrected chi connectivity index (χ2v) is 6.74. The van der Waals surface area contributed by atoms with Gasteiger partial charge in [0.2, 0.25) is 11.6 Å². The van der Waals surface area contributed by atoms with Gasteiger partial charge in [0.25, 0.3) is 0 Å². The lowest BCUT2D eigenvalue weighted by Crippen LogP contribution is -2.55. The summed E-state index contributed by atoms with van der Waals surface area (Å²) < 4.78 is 5.25. The Kier molecular flexibility index (Phi) is 2.93. The van der Waals surface area contributed by atoms with Gasteiger partial charge in [-0.25, -0.2) is 0 Å². The first-order valence-electron chi connectivity index (χ1n) is 7.24. The van der Waals surface area contributed by atoms with Crippen LogP contribution in [0.5, 0.6) is 5.75 Å². The molecule has 0 radical (unpaired) electrons. The molecule has 2 aliphatic carbocycles. The van der Waals surface area contributed by atoms with E-state index in [9.17, 15) is 14.4 Å². The molecule has 114 valence electrons. The van der Waals surface area contributed by atoms with Crippen molar-refractivity contribution in [2.45, 2.75) is 26.2 Å². The zero-order valence-corrected chi connectivity index (χ0v) is 13.1. The second kappa shape index (κ2) is 4.38. The molecule has 0 aliphatic heterocycles. The average molecular weight is 298 g/mol. The van der Waals surface area contributed by atoms with E-state index in [4.69, 9.17) is 4.74 Å². The first kappa shape index (κ1) is 14.7. The molecule has 0 N–H and O–H groups in total. The van der Waals surface area contributed by atoms with Crippen molar-refractivity contribution < 1.29 is 19.1 Å². The number of fused-ring (bicyclic) bond motifs is 3. The number of rotatable bonds is 1. The Morgan fingerprint density at radius 1 is 1.09 bits per heavy atom. The van der Waals surface area contributed by atoms with Gasteiger partial charge in [-0.1, -0.05) is 26.8 Å². The lowest BCUT2D eigenvalue weighted by Gasteiger charge is -2.48. The Morgan fingerprint density at radius 3 is 2.41 bits per heavy atom. The molecule has 4 heteroatoms. The number of carbonyl (C=O) groups excluding carboxylic acids is 3. The summed E-state index contributed by atoms with van der Waals surface area (Å²) in [4.78, 5) is 37.4. The van der Waals surface area contributed by atoms with E-state index in [1.807, 2.05) is 6.92 Å². The highest BCUT2D eigenvalue weighted by molar-refractivity contribution is 6.46. The van der Waals surface area contributed by atoms with E-state index in [0.717, 1.165) is 5.56 Å². The SMILES string of the molecule is COc1ccc2c(c1)[C@]1(C)C=CC(=O)C(C)(C)C1C(=O)C2=O. The first-order valence-corrected chi connectivity index (χ1v) is 7.24. The summed E-state index contributed by atoms with van der Waals surface area (Å²) in [6.45, 7) is 5.38. The Balaban J connectivity index is 2.34. The van der Waals surface area contributed by atoms with E-state index in [-0.39, 0.29) is 5.78 Å². The standard InChI is InChI=1S/C18H18O4/c1-17(2)13(19)7-8-18(3)12-9-10(22-4)5-6-11(12)14(20)15(21)16(17)18/h5-9,16H,1-4H3/t16?,18-/m0/s1. The summed E-state index contributed by atoms with van der Waals surface area (Å²) in [6.07, 6.45) is 3.29. The third kappa shape index (κ3) is 1.67. The molecule has 22 heavy (non-hydrogen) atoms. The maximum Gasteiger partial charge on any atom is 0.229 e. The molecule has 0 spiro atoms. The predicted octanol–water partition coefficient (Wildman–Crippen LogP) is 2.50. The maximum atomic E-state index is 12.7. The monoisotopic (exact) mass is 298 g/mol. The van der Waals surface area contributed by atoms with E-state index in [0.29, 0.717) is 11.3 Å². The molecule has 0 aromatic heterocycles. The van der Waals surface area contributed by atoms with Gasteiger partial charge in [0.15, 0.2) is 5.78 Å².